The van der Waals surface area contributed by atoms with Gasteiger partial charge in [-0.3, -0.25) is 0 Å². The maximum absolute atomic E-state index is 12.8. The molecule has 1 aromatic carbocycles. The standard InChI is InChI=1S/C12H16FNO/c1-9-6-11(13)3-2-10(9)4-5-14-12-7-15-8-12/h2-3,6,12,14H,4-5,7-8H2,1H3. The van der Waals surface area contributed by atoms with Crippen LogP contribution in [0.15, 0.2) is 18.2 Å². The van der Waals surface area contributed by atoms with E-state index in [0.717, 1.165) is 31.7 Å². The van der Waals surface area contributed by atoms with Crippen LogP contribution in [0.5, 0.6) is 0 Å². The van der Waals surface area contributed by atoms with E-state index in [1.165, 1.54) is 11.6 Å². The lowest BCUT2D eigenvalue weighted by molar-refractivity contribution is -0.00467. The number of ether oxygens (including phenoxy) is 1. The molecule has 0 amide bonds. The van der Waals surface area contributed by atoms with E-state index in [0.29, 0.717) is 6.04 Å². The van der Waals surface area contributed by atoms with E-state index in [4.69, 9.17) is 4.74 Å². The van der Waals surface area contributed by atoms with Gasteiger partial charge in [-0.15, -0.1) is 0 Å². The van der Waals surface area contributed by atoms with Crippen molar-refractivity contribution in [1.29, 1.82) is 0 Å². The van der Waals surface area contributed by atoms with Crippen molar-refractivity contribution >= 4 is 0 Å². The van der Waals surface area contributed by atoms with Gasteiger partial charge in [0.15, 0.2) is 0 Å². The lowest BCUT2D eigenvalue weighted by Gasteiger charge is -2.27. The summed E-state index contributed by atoms with van der Waals surface area (Å²) in [6.45, 7) is 4.52. The molecule has 1 aliphatic heterocycles. The first-order valence-electron chi connectivity index (χ1n) is 5.32. The Morgan fingerprint density at radius 2 is 2.27 bits per heavy atom. The number of hydrogen-bond acceptors (Lipinski definition) is 2. The Kier molecular flexibility index (Phi) is 3.34. The first-order chi connectivity index (χ1) is 7.25. The fourth-order valence-electron chi connectivity index (χ4n) is 1.70. The molecule has 82 valence electrons. The van der Waals surface area contributed by atoms with Gasteiger partial charge in [0.2, 0.25) is 0 Å². The molecule has 1 aliphatic rings. The molecule has 1 saturated heterocycles. The second kappa shape index (κ2) is 4.73. The van der Waals surface area contributed by atoms with Crippen molar-refractivity contribution in [3.63, 3.8) is 0 Å². The van der Waals surface area contributed by atoms with Crippen molar-refractivity contribution in [2.75, 3.05) is 19.8 Å². The van der Waals surface area contributed by atoms with E-state index in [-0.39, 0.29) is 5.82 Å². The molecule has 0 spiro atoms. The predicted octanol–water partition coefficient (Wildman–Crippen LogP) is 1.67. The van der Waals surface area contributed by atoms with Crippen LogP contribution < -0.4 is 5.32 Å². The van der Waals surface area contributed by atoms with Gasteiger partial charge in [-0.25, -0.2) is 4.39 Å². The normalized spacial score (nSPS) is 16.4. The lowest BCUT2D eigenvalue weighted by atomic mass is 10.1. The Morgan fingerprint density at radius 3 is 2.87 bits per heavy atom. The molecule has 2 rings (SSSR count). The maximum Gasteiger partial charge on any atom is 0.123 e. The second-order valence-corrected chi connectivity index (χ2v) is 4.01. The summed E-state index contributed by atoms with van der Waals surface area (Å²) in [6.07, 6.45) is 0.947. The Labute approximate surface area is 89.4 Å². The SMILES string of the molecule is Cc1cc(F)ccc1CCNC1COC1. The highest BCUT2D eigenvalue weighted by molar-refractivity contribution is 5.26. The smallest absolute Gasteiger partial charge is 0.123 e. The van der Waals surface area contributed by atoms with Gasteiger partial charge >= 0.3 is 0 Å². The van der Waals surface area contributed by atoms with E-state index in [2.05, 4.69) is 5.32 Å². The third-order valence-corrected chi connectivity index (χ3v) is 2.77. The molecule has 15 heavy (non-hydrogen) atoms. The van der Waals surface area contributed by atoms with Crippen LogP contribution in [-0.4, -0.2) is 25.8 Å². The van der Waals surface area contributed by atoms with E-state index in [1.807, 2.05) is 13.0 Å². The van der Waals surface area contributed by atoms with Crippen molar-refractivity contribution in [3.8, 4) is 0 Å². The summed E-state index contributed by atoms with van der Waals surface area (Å²) < 4.78 is 17.9. The molecule has 0 radical (unpaired) electrons. The van der Waals surface area contributed by atoms with E-state index < -0.39 is 0 Å². The van der Waals surface area contributed by atoms with Crippen molar-refractivity contribution in [1.82, 2.24) is 5.32 Å². The van der Waals surface area contributed by atoms with Crippen LogP contribution in [0, 0.1) is 12.7 Å². The van der Waals surface area contributed by atoms with Crippen molar-refractivity contribution in [2.24, 2.45) is 0 Å². The number of benzene rings is 1. The molecular weight excluding hydrogens is 193 g/mol. The highest BCUT2D eigenvalue weighted by Gasteiger charge is 2.16. The second-order valence-electron chi connectivity index (χ2n) is 4.01. The fraction of sp³-hybridized carbons (Fsp3) is 0.500. The molecule has 0 unspecified atom stereocenters. The number of hydrogen-bond donors (Lipinski definition) is 1. The zero-order valence-electron chi connectivity index (χ0n) is 8.92. The van der Waals surface area contributed by atoms with E-state index in [9.17, 15) is 4.39 Å². The molecule has 1 aromatic rings. The van der Waals surface area contributed by atoms with Gasteiger partial charge < -0.3 is 10.1 Å². The van der Waals surface area contributed by atoms with Crippen LogP contribution in [-0.2, 0) is 11.2 Å². The fourth-order valence-corrected chi connectivity index (χ4v) is 1.70. The highest BCUT2D eigenvalue weighted by atomic mass is 19.1. The quantitative estimate of drug-likeness (QED) is 0.814. The van der Waals surface area contributed by atoms with Crippen LogP contribution in [0.2, 0.25) is 0 Å². The zero-order chi connectivity index (χ0) is 10.7. The average Bonchev–Trinajstić information content (AvgIpc) is 2.12. The summed E-state index contributed by atoms with van der Waals surface area (Å²) >= 11 is 0. The molecular formula is C12H16FNO. The molecule has 1 fully saturated rings. The van der Waals surface area contributed by atoms with Gasteiger partial charge in [-0.1, -0.05) is 6.07 Å². The minimum Gasteiger partial charge on any atom is -0.378 e. The Morgan fingerprint density at radius 1 is 1.47 bits per heavy atom. The summed E-state index contributed by atoms with van der Waals surface area (Å²) in [4.78, 5) is 0. The molecule has 2 nitrogen and oxygen atoms in total. The minimum absolute atomic E-state index is 0.156. The average molecular weight is 209 g/mol. The third kappa shape index (κ3) is 2.76. The van der Waals surface area contributed by atoms with Crippen molar-refractivity contribution < 1.29 is 9.13 Å². The van der Waals surface area contributed by atoms with Crippen LogP contribution in [0.1, 0.15) is 11.1 Å². The first-order valence-corrected chi connectivity index (χ1v) is 5.32. The van der Waals surface area contributed by atoms with Gasteiger partial charge in [-0.05, 0) is 43.1 Å². The number of halogens is 1. The molecule has 0 aliphatic carbocycles. The summed E-state index contributed by atoms with van der Waals surface area (Å²) in [5.74, 6) is -0.156. The van der Waals surface area contributed by atoms with Crippen LogP contribution in [0.3, 0.4) is 0 Å². The summed E-state index contributed by atoms with van der Waals surface area (Å²) in [7, 11) is 0. The number of aryl methyl sites for hydroxylation is 1. The van der Waals surface area contributed by atoms with Gasteiger partial charge in [-0.2, -0.15) is 0 Å². The summed E-state index contributed by atoms with van der Waals surface area (Å²) in [5.41, 5.74) is 2.24. The topological polar surface area (TPSA) is 21.3 Å². The minimum atomic E-state index is -0.156. The van der Waals surface area contributed by atoms with Crippen molar-refractivity contribution in [2.45, 2.75) is 19.4 Å². The predicted molar refractivity (Wildman–Crippen MR) is 57.5 cm³/mol. The first kappa shape index (κ1) is 10.6. The Bertz CT molecular complexity index is 336. The highest BCUT2D eigenvalue weighted by Crippen LogP contribution is 2.10. The summed E-state index contributed by atoms with van der Waals surface area (Å²) in [5, 5.41) is 3.39. The number of nitrogens with one attached hydrogen (secondary N) is 1. The van der Waals surface area contributed by atoms with Crippen LogP contribution in [0.25, 0.3) is 0 Å². The zero-order valence-corrected chi connectivity index (χ0v) is 8.92. The van der Waals surface area contributed by atoms with Gasteiger partial charge in [0.1, 0.15) is 5.82 Å². The molecule has 0 aromatic heterocycles. The molecule has 1 N–H and O–H groups in total. The Hall–Kier alpha value is -0.930. The van der Waals surface area contributed by atoms with E-state index in [1.54, 1.807) is 6.07 Å². The largest absolute Gasteiger partial charge is 0.378 e. The third-order valence-electron chi connectivity index (χ3n) is 2.77. The van der Waals surface area contributed by atoms with Gasteiger partial charge in [0.25, 0.3) is 0 Å². The van der Waals surface area contributed by atoms with Crippen LogP contribution in [0.4, 0.5) is 4.39 Å². The Balaban J connectivity index is 1.81. The summed E-state index contributed by atoms with van der Waals surface area (Å²) in [6, 6.07) is 5.49. The van der Waals surface area contributed by atoms with Crippen LogP contribution >= 0.6 is 0 Å². The van der Waals surface area contributed by atoms with Crippen molar-refractivity contribution in [3.05, 3.63) is 35.1 Å². The van der Waals surface area contributed by atoms with Gasteiger partial charge in [0.05, 0.1) is 19.3 Å². The maximum atomic E-state index is 12.8. The van der Waals surface area contributed by atoms with Gasteiger partial charge in [0, 0.05) is 0 Å². The molecule has 0 saturated carbocycles. The van der Waals surface area contributed by atoms with E-state index >= 15 is 0 Å². The lowest BCUT2D eigenvalue weighted by Crippen LogP contribution is -2.46. The molecule has 0 bridgehead atoms. The molecule has 0 atom stereocenters. The monoisotopic (exact) mass is 209 g/mol. The number of rotatable bonds is 4. The molecule has 1 heterocycles. The molecule has 3 heteroatoms.